The van der Waals surface area contributed by atoms with Gasteiger partial charge in [-0.2, -0.15) is 0 Å². The molecular weight excluding hydrogens is 441 g/mol. The Balaban J connectivity index is 1.77. The van der Waals surface area contributed by atoms with Crippen LogP contribution in [0.2, 0.25) is 5.02 Å². The standard InChI is InChI=1S/C22H23Cl2N3O2S/c1-14(21(24)22(25)15-5-9-19(10-6-15)27(2)3)26-30(28,29)20-11-7-16-12-18(23)8-4-17(16)13-20/h4-14,21,25-26H,1-3H3/t14-,21?/m0/s1. The molecule has 1 unspecified atom stereocenters. The van der Waals surface area contributed by atoms with Gasteiger partial charge in [0.15, 0.2) is 0 Å². The Morgan fingerprint density at radius 1 is 1.00 bits per heavy atom. The van der Waals surface area contributed by atoms with Crippen LogP contribution < -0.4 is 9.62 Å². The second-order valence-corrected chi connectivity index (χ2v) is 9.94. The van der Waals surface area contributed by atoms with E-state index in [4.69, 9.17) is 28.6 Å². The van der Waals surface area contributed by atoms with Gasteiger partial charge in [0.2, 0.25) is 10.0 Å². The number of nitrogens with one attached hydrogen (secondary N) is 2. The molecule has 0 amide bonds. The third-order valence-corrected chi connectivity index (χ3v) is 7.22. The Kier molecular flexibility index (Phi) is 6.72. The Morgan fingerprint density at radius 3 is 2.23 bits per heavy atom. The molecule has 0 fully saturated rings. The Bertz CT molecular complexity index is 1180. The molecule has 0 aromatic heterocycles. The number of alkyl halides is 1. The first-order valence-corrected chi connectivity index (χ1v) is 11.6. The van der Waals surface area contributed by atoms with Gasteiger partial charge in [0.1, 0.15) is 0 Å². The average molecular weight is 464 g/mol. The third kappa shape index (κ3) is 4.95. The van der Waals surface area contributed by atoms with Crippen LogP contribution in [0.1, 0.15) is 12.5 Å². The van der Waals surface area contributed by atoms with Gasteiger partial charge in [-0.05, 0) is 59.7 Å². The first kappa shape index (κ1) is 22.6. The van der Waals surface area contributed by atoms with Crippen molar-refractivity contribution in [3.63, 3.8) is 0 Å². The lowest BCUT2D eigenvalue weighted by Crippen LogP contribution is -2.42. The van der Waals surface area contributed by atoms with Crippen LogP contribution in [0.15, 0.2) is 65.6 Å². The fourth-order valence-corrected chi connectivity index (χ4v) is 4.82. The van der Waals surface area contributed by atoms with Crippen LogP contribution >= 0.6 is 23.2 Å². The minimum Gasteiger partial charge on any atom is -0.378 e. The van der Waals surface area contributed by atoms with E-state index in [1.165, 1.54) is 6.07 Å². The number of hydrogen-bond donors (Lipinski definition) is 2. The highest BCUT2D eigenvalue weighted by atomic mass is 35.5. The number of rotatable bonds is 7. The van der Waals surface area contributed by atoms with E-state index < -0.39 is 21.4 Å². The molecule has 0 aliphatic heterocycles. The van der Waals surface area contributed by atoms with Crippen LogP contribution in [0.5, 0.6) is 0 Å². The smallest absolute Gasteiger partial charge is 0.240 e. The number of anilines is 1. The summed E-state index contributed by atoms with van der Waals surface area (Å²) < 4.78 is 28.3. The van der Waals surface area contributed by atoms with Gasteiger partial charge in [0.05, 0.1) is 16.0 Å². The first-order valence-electron chi connectivity index (χ1n) is 9.30. The molecule has 3 aromatic carbocycles. The van der Waals surface area contributed by atoms with Crippen molar-refractivity contribution in [1.29, 1.82) is 5.41 Å². The Labute approximate surface area is 187 Å². The molecule has 0 aliphatic carbocycles. The van der Waals surface area contributed by atoms with Crippen LogP contribution in [0.3, 0.4) is 0 Å². The fourth-order valence-electron chi connectivity index (χ4n) is 3.08. The summed E-state index contributed by atoms with van der Waals surface area (Å²) in [5.74, 6) is 0. The number of fused-ring (bicyclic) bond motifs is 1. The van der Waals surface area contributed by atoms with E-state index in [0.717, 1.165) is 16.5 Å². The normalized spacial score (nSPS) is 13.8. The zero-order valence-electron chi connectivity index (χ0n) is 16.9. The zero-order chi connectivity index (χ0) is 22.1. The van der Waals surface area contributed by atoms with Gasteiger partial charge in [-0.3, -0.25) is 0 Å². The second kappa shape index (κ2) is 8.94. The van der Waals surface area contributed by atoms with Gasteiger partial charge in [0.25, 0.3) is 0 Å². The summed E-state index contributed by atoms with van der Waals surface area (Å²) in [7, 11) is 0.0564. The molecule has 0 aliphatic rings. The van der Waals surface area contributed by atoms with E-state index in [-0.39, 0.29) is 10.6 Å². The van der Waals surface area contributed by atoms with Crippen molar-refractivity contribution in [3.8, 4) is 0 Å². The monoisotopic (exact) mass is 463 g/mol. The van der Waals surface area contributed by atoms with Crippen LogP contribution in [0.4, 0.5) is 5.69 Å². The van der Waals surface area contributed by atoms with Crippen molar-refractivity contribution in [2.45, 2.75) is 23.2 Å². The number of sulfonamides is 1. The van der Waals surface area contributed by atoms with E-state index in [9.17, 15) is 8.42 Å². The van der Waals surface area contributed by atoms with Crippen molar-refractivity contribution in [3.05, 3.63) is 71.2 Å². The van der Waals surface area contributed by atoms with Crippen molar-refractivity contribution in [2.24, 2.45) is 0 Å². The van der Waals surface area contributed by atoms with Crippen molar-refractivity contribution < 1.29 is 8.42 Å². The van der Waals surface area contributed by atoms with Gasteiger partial charge >= 0.3 is 0 Å². The molecule has 0 heterocycles. The van der Waals surface area contributed by atoms with Gasteiger partial charge in [-0.1, -0.05) is 35.9 Å². The maximum Gasteiger partial charge on any atom is 0.240 e. The van der Waals surface area contributed by atoms with Gasteiger partial charge in [-0.15, -0.1) is 11.6 Å². The molecule has 2 N–H and O–H groups in total. The SMILES string of the molecule is C[C@H](NS(=O)(=O)c1ccc2cc(Cl)ccc2c1)C(Cl)C(=N)c1ccc(N(C)C)cc1. The molecule has 5 nitrogen and oxygen atoms in total. The van der Waals surface area contributed by atoms with Crippen LogP contribution in [-0.2, 0) is 10.0 Å². The summed E-state index contributed by atoms with van der Waals surface area (Å²) in [5, 5.41) is 9.78. The summed E-state index contributed by atoms with van der Waals surface area (Å²) in [5.41, 5.74) is 1.81. The summed E-state index contributed by atoms with van der Waals surface area (Å²) in [4.78, 5) is 2.09. The van der Waals surface area contributed by atoms with Gasteiger partial charge in [0, 0.05) is 30.8 Å². The molecule has 0 saturated heterocycles. The highest BCUT2D eigenvalue weighted by Gasteiger charge is 2.26. The fraction of sp³-hybridized carbons (Fsp3) is 0.227. The predicted molar refractivity (Wildman–Crippen MR) is 126 cm³/mol. The predicted octanol–water partition coefficient (Wildman–Crippen LogP) is 4.90. The Hall–Kier alpha value is -2.12. The quantitative estimate of drug-likeness (QED) is 0.386. The number of hydrogen-bond acceptors (Lipinski definition) is 4. The lowest BCUT2D eigenvalue weighted by molar-refractivity contribution is 0.565. The van der Waals surface area contributed by atoms with Gasteiger partial charge < -0.3 is 10.3 Å². The molecule has 0 saturated carbocycles. The summed E-state index contributed by atoms with van der Waals surface area (Å²) in [6, 6.07) is 16.8. The second-order valence-electron chi connectivity index (χ2n) is 7.32. The highest BCUT2D eigenvalue weighted by molar-refractivity contribution is 7.89. The lowest BCUT2D eigenvalue weighted by Gasteiger charge is -2.21. The zero-order valence-corrected chi connectivity index (χ0v) is 19.2. The summed E-state index contributed by atoms with van der Waals surface area (Å²) in [6.45, 7) is 1.65. The molecule has 3 aromatic rings. The number of benzene rings is 3. The minimum atomic E-state index is -3.81. The largest absolute Gasteiger partial charge is 0.378 e. The number of nitrogens with zero attached hydrogens (tertiary/aromatic N) is 1. The molecule has 0 spiro atoms. The maximum atomic E-state index is 12.9. The minimum absolute atomic E-state index is 0.134. The van der Waals surface area contributed by atoms with E-state index in [2.05, 4.69) is 4.72 Å². The molecule has 3 rings (SSSR count). The van der Waals surface area contributed by atoms with E-state index in [1.807, 2.05) is 43.3 Å². The van der Waals surface area contributed by atoms with Crippen molar-refractivity contribution in [2.75, 3.05) is 19.0 Å². The molecular formula is C22H23Cl2N3O2S. The average Bonchev–Trinajstić information content (AvgIpc) is 2.71. The highest BCUT2D eigenvalue weighted by Crippen LogP contribution is 2.23. The van der Waals surface area contributed by atoms with Crippen LogP contribution in [0.25, 0.3) is 10.8 Å². The molecule has 2 atom stereocenters. The summed E-state index contributed by atoms with van der Waals surface area (Å²) in [6.07, 6.45) is 0. The first-order chi connectivity index (χ1) is 14.1. The van der Waals surface area contributed by atoms with Crippen molar-refractivity contribution >= 4 is 55.4 Å². The van der Waals surface area contributed by atoms with Crippen LogP contribution in [-0.4, -0.2) is 39.6 Å². The van der Waals surface area contributed by atoms with E-state index in [0.29, 0.717) is 10.6 Å². The van der Waals surface area contributed by atoms with Crippen molar-refractivity contribution in [1.82, 2.24) is 4.72 Å². The van der Waals surface area contributed by atoms with E-state index in [1.54, 1.807) is 37.3 Å². The molecule has 0 bridgehead atoms. The molecule has 0 radical (unpaired) electrons. The lowest BCUT2D eigenvalue weighted by atomic mass is 10.0. The number of halogens is 2. The molecule has 158 valence electrons. The molecule has 30 heavy (non-hydrogen) atoms. The maximum absolute atomic E-state index is 12.9. The summed E-state index contributed by atoms with van der Waals surface area (Å²) >= 11 is 12.4. The van der Waals surface area contributed by atoms with E-state index >= 15 is 0 Å². The van der Waals surface area contributed by atoms with Crippen LogP contribution in [0, 0.1) is 5.41 Å². The van der Waals surface area contributed by atoms with Gasteiger partial charge in [-0.25, -0.2) is 13.1 Å². The molecule has 8 heteroatoms. The topological polar surface area (TPSA) is 73.3 Å². The third-order valence-electron chi connectivity index (χ3n) is 4.83. The Morgan fingerprint density at radius 2 is 1.60 bits per heavy atom.